The van der Waals surface area contributed by atoms with E-state index in [9.17, 15) is 5.11 Å². The number of benzene rings is 1. The zero-order valence-corrected chi connectivity index (χ0v) is 11.9. The molecule has 0 aliphatic heterocycles. The fraction of sp³-hybridized carbons (Fsp3) is 0.222. The second-order valence-corrected chi connectivity index (χ2v) is 5.19. The van der Waals surface area contributed by atoms with Gasteiger partial charge in [0.15, 0.2) is 0 Å². The molecule has 1 aromatic heterocycles. The molecule has 0 unspecified atom stereocenters. The van der Waals surface area contributed by atoms with E-state index in [4.69, 9.17) is 9.15 Å². The van der Waals surface area contributed by atoms with Crippen LogP contribution in [-0.2, 0) is 10.3 Å². The molecule has 3 heteroatoms. The van der Waals surface area contributed by atoms with Crippen LogP contribution < -0.4 is 0 Å². The Hall–Kier alpha value is -2.26. The van der Waals surface area contributed by atoms with E-state index in [2.05, 4.69) is 0 Å². The fourth-order valence-corrected chi connectivity index (χ4v) is 2.82. The van der Waals surface area contributed by atoms with Crippen LogP contribution in [0.2, 0.25) is 0 Å². The third-order valence-electron chi connectivity index (χ3n) is 3.91. The number of hydrogen-bond acceptors (Lipinski definition) is 3. The van der Waals surface area contributed by atoms with Crippen LogP contribution in [0.25, 0.3) is 0 Å². The third-order valence-corrected chi connectivity index (χ3v) is 3.91. The highest BCUT2D eigenvalue weighted by atomic mass is 16.5. The molecule has 0 fully saturated rings. The van der Waals surface area contributed by atoms with Gasteiger partial charge in [-0.2, -0.15) is 0 Å². The van der Waals surface area contributed by atoms with E-state index < -0.39 is 5.60 Å². The Morgan fingerprint density at radius 1 is 1.19 bits per heavy atom. The van der Waals surface area contributed by atoms with Gasteiger partial charge < -0.3 is 14.3 Å². The van der Waals surface area contributed by atoms with Crippen LogP contribution in [0.15, 0.2) is 77.1 Å². The molecule has 0 radical (unpaired) electrons. The molecule has 2 aromatic rings. The molecule has 21 heavy (non-hydrogen) atoms. The summed E-state index contributed by atoms with van der Waals surface area (Å²) in [5.74, 6) is 1.07. The Morgan fingerprint density at radius 3 is 2.67 bits per heavy atom. The van der Waals surface area contributed by atoms with E-state index in [1.165, 1.54) is 0 Å². The average Bonchev–Trinajstić information content (AvgIpc) is 3.00. The van der Waals surface area contributed by atoms with Gasteiger partial charge in [0.25, 0.3) is 0 Å². The van der Waals surface area contributed by atoms with Crippen molar-refractivity contribution in [1.82, 2.24) is 0 Å². The van der Waals surface area contributed by atoms with Gasteiger partial charge in [-0.15, -0.1) is 0 Å². The molecule has 0 amide bonds. The average molecular weight is 282 g/mol. The molecule has 3 nitrogen and oxygen atoms in total. The van der Waals surface area contributed by atoms with Crippen molar-refractivity contribution < 1.29 is 14.3 Å². The van der Waals surface area contributed by atoms with E-state index in [-0.39, 0.29) is 5.92 Å². The molecule has 108 valence electrons. The molecule has 2 atom stereocenters. The van der Waals surface area contributed by atoms with Crippen molar-refractivity contribution in [1.29, 1.82) is 0 Å². The first-order valence-corrected chi connectivity index (χ1v) is 6.96. The fourth-order valence-electron chi connectivity index (χ4n) is 2.82. The number of aliphatic hydroxyl groups is 1. The lowest BCUT2D eigenvalue weighted by Gasteiger charge is -2.32. The zero-order valence-electron chi connectivity index (χ0n) is 11.9. The molecule has 0 spiro atoms. The maximum atomic E-state index is 11.4. The summed E-state index contributed by atoms with van der Waals surface area (Å²) in [6.07, 6.45) is 7.75. The lowest BCUT2D eigenvalue weighted by Crippen LogP contribution is -2.32. The summed E-state index contributed by atoms with van der Waals surface area (Å²) in [5, 5.41) is 11.4. The monoisotopic (exact) mass is 282 g/mol. The van der Waals surface area contributed by atoms with Gasteiger partial charge >= 0.3 is 0 Å². The highest BCUT2D eigenvalue weighted by molar-refractivity contribution is 5.35. The van der Waals surface area contributed by atoms with Gasteiger partial charge in [0.2, 0.25) is 0 Å². The summed E-state index contributed by atoms with van der Waals surface area (Å²) in [7, 11) is 1.62. The third kappa shape index (κ3) is 2.52. The molecule has 1 aliphatic rings. The summed E-state index contributed by atoms with van der Waals surface area (Å²) < 4.78 is 10.9. The number of hydrogen-bond donors (Lipinski definition) is 1. The highest BCUT2D eigenvalue weighted by Gasteiger charge is 2.42. The van der Waals surface area contributed by atoms with Crippen LogP contribution >= 0.6 is 0 Å². The lowest BCUT2D eigenvalue weighted by molar-refractivity contribution is -0.00955. The molecule has 0 saturated heterocycles. The van der Waals surface area contributed by atoms with E-state index in [0.29, 0.717) is 12.2 Å². The van der Waals surface area contributed by atoms with E-state index >= 15 is 0 Å². The van der Waals surface area contributed by atoms with Gasteiger partial charge in [-0.3, -0.25) is 0 Å². The van der Waals surface area contributed by atoms with Crippen LogP contribution in [0.4, 0.5) is 0 Å². The minimum Gasteiger partial charge on any atom is -0.501 e. The van der Waals surface area contributed by atoms with Gasteiger partial charge in [-0.25, -0.2) is 0 Å². The Kier molecular flexibility index (Phi) is 3.67. The molecular formula is C18H18O3. The second-order valence-electron chi connectivity index (χ2n) is 5.19. The van der Waals surface area contributed by atoms with Crippen LogP contribution in [-0.4, -0.2) is 12.2 Å². The smallest absolute Gasteiger partial charge is 0.139 e. The van der Waals surface area contributed by atoms with Gasteiger partial charge in [0, 0.05) is 12.3 Å². The standard InChI is InChI=1S/C18H18O3/c1-20-15-9-5-10-16(14-7-3-2-4-8-14)18(19,13-15)17-11-6-12-21-17/h2-12,16,19H,13H2,1H3/t16-,18+/m0/s1. The Balaban J connectivity index is 2.09. The van der Waals surface area contributed by atoms with E-state index in [0.717, 1.165) is 11.3 Å². The molecule has 3 rings (SSSR count). The normalized spacial score (nSPS) is 25.2. The van der Waals surface area contributed by atoms with Gasteiger partial charge in [0.05, 0.1) is 19.1 Å². The largest absolute Gasteiger partial charge is 0.501 e. The van der Waals surface area contributed by atoms with Crippen LogP contribution in [0.1, 0.15) is 23.7 Å². The van der Waals surface area contributed by atoms with E-state index in [1.807, 2.05) is 54.6 Å². The molecule has 1 heterocycles. The molecule has 0 saturated carbocycles. The quantitative estimate of drug-likeness (QED) is 0.932. The maximum absolute atomic E-state index is 11.4. The van der Waals surface area contributed by atoms with Crippen molar-refractivity contribution in [3.63, 3.8) is 0 Å². The second kappa shape index (κ2) is 5.62. The van der Waals surface area contributed by atoms with Crippen molar-refractivity contribution in [2.24, 2.45) is 0 Å². The van der Waals surface area contributed by atoms with Crippen molar-refractivity contribution in [2.75, 3.05) is 7.11 Å². The van der Waals surface area contributed by atoms with Gasteiger partial charge in [-0.1, -0.05) is 42.5 Å². The van der Waals surface area contributed by atoms with Gasteiger partial charge in [0.1, 0.15) is 11.4 Å². The van der Waals surface area contributed by atoms with Crippen molar-refractivity contribution in [3.8, 4) is 0 Å². The number of furan rings is 1. The predicted octanol–water partition coefficient (Wildman–Crippen LogP) is 3.74. The molecule has 1 N–H and O–H groups in total. The predicted molar refractivity (Wildman–Crippen MR) is 80.6 cm³/mol. The Labute approximate surface area is 124 Å². The maximum Gasteiger partial charge on any atom is 0.139 e. The highest BCUT2D eigenvalue weighted by Crippen LogP contribution is 2.44. The van der Waals surface area contributed by atoms with Crippen molar-refractivity contribution in [2.45, 2.75) is 17.9 Å². The number of ether oxygens (including phenoxy) is 1. The van der Waals surface area contributed by atoms with Crippen molar-refractivity contribution >= 4 is 0 Å². The van der Waals surface area contributed by atoms with E-state index in [1.54, 1.807) is 19.4 Å². The molecular weight excluding hydrogens is 264 g/mol. The summed E-state index contributed by atoms with van der Waals surface area (Å²) in [6, 6.07) is 13.5. The SMILES string of the molecule is COC1=CC=C[C@@H](c2ccccc2)[C@@](O)(c2ccco2)C1. The summed E-state index contributed by atoms with van der Waals surface area (Å²) >= 11 is 0. The summed E-state index contributed by atoms with van der Waals surface area (Å²) in [5.41, 5.74) is -0.127. The molecule has 1 aliphatic carbocycles. The first kappa shape index (κ1) is 13.7. The zero-order chi connectivity index (χ0) is 14.7. The lowest BCUT2D eigenvalue weighted by atomic mass is 9.78. The van der Waals surface area contributed by atoms with Crippen molar-refractivity contribution in [3.05, 3.63) is 84.0 Å². The topological polar surface area (TPSA) is 42.6 Å². The van der Waals surface area contributed by atoms with Gasteiger partial charge in [-0.05, 0) is 23.8 Å². The number of allylic oxidation sites excluding steroid dienone is 2. The minimum absolute atomic E-state index is 0.200. The minimum atomic E-state index is -1.17. The number of rotatable bonds is 3. The Morgan fingerprint density at radius 2 is 2.00 bits per heavy atom. The first-order valence-electron chi connectivity index (χ1n) is 6.96. The van der Waals surface area contributed by atoms with Crippen LogP contribution in [0.5, 0.6) is 0 Å². The molecule has 1 aromatic carbocycles. The van der Waals surface area contributed by atoms with Crippen LogP contribution in [0.3, 0.4) is 0 Å². The van der Waals surface area contributed by atoms with Crippen LogP contribution in [0, 0.1) is 0 Å². The summed E-state index contributed by atoms with van der Waals surface area (Å²) in [6.45, 7) is 0. The molecule has 0 bridgehead atoms. The first-order chi connectivity index (χ1) is 10.2. The summed E-state index contributed by atoms with van der Waals surface area (Å²) in [4.78, 5) is 0. The Bertz CT molecular complexity index is 640. The number of methoxy groups -OCH3 is 1.